The summed E-state index contributed by atoms with van der Waals surface area (Å²) in [5.41, 5.74) is 0.851. The molecule has 0 bridgehead atoms. The molecule has 0 fully saturated rings. The number of nitrogens with one attached hydrogen (secondary N) is 1. The SMILES string of the molecule is C[C@H](Sc1ccc(Cl)cc1)C(=O)NCc1ccccn1. The highest BCUT2D eigenvalue weighted by atomic mass is 35.5. The molecule has 0 aliphatic heterocycles. The van der Waals surface area contributed by atoms with Crippen LogP contribution in [0.5, 0.6) is 0 Å². The molecule has 1 aromatic carbocycles. The lowest BCUT2D eigenvalue weighted by atomic mass is 10.3. The number of benzene rings is 1. The first-order valence-corrected chi connectivity index (χ1v) is 7.51. The molecule has 0 saturated carbocycles. The van der Waals surface area contributed by atoms with Crippen molar-refractivity contribution in [1.29, 1.82) is 0 Å². The fraction of sp³-hybridized carbons (Fsp3) is 0.200. The van der Waals surface area contributed by atoms with E-state index in [1.54, 1.807) is 6.20 Å². The number of hydrogen-bond acceptors (Lipinski definition) is 3. The molecule has 0 radical (unpaired) electrons. The molecular formula is C15H15ClN2OS. The quantitative estimate of drug-likeness (QED) is 0.859. The van der Waals surface area contributed by atoms with Gasteiger partial charge in [-0.1, -0.05) is 17.7 Å². The van der Waals surface area contributed by atoms with Crippen LogP contribution < -0.4 is 5.32 Å². The van der Waals surface area contributed by atoms with Gasteiger partial charge < -0.3 is 5.32 Å². The maximum Gasteiger partial charge on any atom is 0.233 e. The zero-order valence-corrected chi connectivity index (χ0v) is 12.6. The number of halogens is 1. The third-order valence-electron chi connectivity index (χ3n) is 2.67. The summed E-state index contributed by atoms with van der Waals surface area (Å²) in [4.78, 5) is 17.2. The smallest absolute Gasteiger partial charge is 0.233 e. The summed E-state index contributed by atoms with van der Waals surface area (Å²) < 4.78 is 0. The monoisotopic (exact) mass is 306 g/mol. The summed E-state index contributed by atoms with van der Waals surface area (Å²) in [5.74, 6) is -0.00407. The number of amides is 1. The number of carbonyl (C=O) groups excluding carboxylic acids is 1. The summed E-state index contributed by atoms with van der Waals surface area (Å²) >= 11 is 7.34. The Balaban J connectivity index is 1.84. The molecule has 20 heavy (non-hydrogen) atoms. The topological polar surface area (TPSA) is 42.0 Å². The minimum atomic E-state index is -0.167. The summed E-state index contributed by atoms with van der Waals surface area (Å²) in [6.07, 6.45) is 1.72. The standard InChI is InChI=1S/C15H15ClN2OS/c1-11(20-14-7-5-12(16)6-8-14)15(19)18-10-13-4-2-3-9-17-13/h2-9,11H,10H2,1H3,(H,18,19)/t11-/m0/s1. The average molecular weight is 307 g/mol. The van der Waals surface area contributed by atoms with Gasteiger partial charge in [0.05, 0.1) is 17.5 Å². The summed E-state index contributed by atoms with van der Waals surface area (Å²) in [7, 11) is 0. The van der Waals surface area contributed by atoms with E-state index in [0.29, 0.717) is 11.6 Å². The molecule has 0 spiro atoms. The van der Waals surface area contributed by atoms with E-state index in [-0.39, 0.29) is 11.2 Å². The predicted molar refractivity (Wildman–Crippen MR) is 82.9 cm³/mol. The molecule has 0 aliphatic rings. The number of hydrogen-bond donors (Lipinski definition) is 1. The molecule has 0 saturated heterocycles. The Hall–Kier alpha value is -1.52. The third-order valence-corrected chi connectivity index (χ3v) is 4.03. The average Bonchev–Trinajstić information content (AvgIpc) is 2.48. The number of thioether (sulfide) groups is 1. The van der Waals surface area contributed by atoms with Crippen molar-refractivity contribution in [3.05, 3.63) is 59.4 Å². The van der Waals surface area contributed by atoms with E-state index in [4.69, 9.17) is 11.6 Å². The van der Waals surface area contributed by atoms with Crippen LogP contribution in [0.2, 0.25) is 5.02 Å². The number of carbonyl (C=O) groups is 1. The lowest BCUT2D eigenvalue weighted by molar-refractivity contribution is -0.120. The molecule has 5 heteroatoms. The summed E-state index contributed by atoms with van der Waals surface area (Å²) in [6.45, 7) is 2.33. The van der Waals surface area contributed by atoms with E-state index >= 15 is 0 Å². The first kappa shape index (κ1) is 14.9. The van der Waals surface area contributed by atoms with E-state index < -0.39 is 0 Å². The highest BCUT2D eigenvalue weighted by Gasteiger charge is 2.14. The molecule has 1 amide bonds. The van der Waals surface area contributed by atoms with Crippen molar-refractivity contribution >= 4 is 29.3 Å². The molecule has 1 aromatic heterocycles. The second kappa shape index (κ2) is 7.31. The van der Waals surface area contributed by atoms with Crippen molar-refractivity contribution in [3.63, 3.8) is 0 Å². The van der Waals surface area contributed by atoms with Gasteiger partial charge in [-0.15, -0.1) is 11.8 Å². The van der Waals surface area contributed by atoms with Crippen LogP contribution in [0.4, 0.5) is 0 Å². The molecule has 1 N–H and O–H groups in total. The number of aromatic nitrogens is 1. The second-order valence-corrected chi connectivity index (χ2v) is 6.10. The predicted octanol–water partition coefficient (Wildman–Crippen LogP) is 3.53. The van der Waals surface area contributed by atoms with Gasteiger partial charge in [-0.2, -0.15) is 0 Å². The number of nitrogens with zero attached hydrogens (tertiary/aromatic N) is 1. The number of rotatable bonds is 5. The van der Waals surface area contributed by atoms with E-state index in [2.05, 4.69) is 10.3 Å². The van der Waals surface area contributed by atoms with Crippen LogP contribution in [0, 0.1) is 0 Å². The minimum Gasteiger partial charge on any atom is -0.349 e. The maximum atomic E-state index is 12.0. The van der Waals surface area contributed by atoms with Gasteiger partial charge in [-0.05, 0) is 43.3 Å². The maximum absolute atomic E-state index is 12.0. The molecule has 3 nitrogen and oxygen atoms in total. The Kier molecular flexibility index (Phi) is 5.44. The van der Waals surface area contributed by atoms with Crippen molar-refractivity contribution < 1.29 is 4.79 Å². The van der Waals surface area contributed by atoms with Crippen molar-refractivity contribution in [2.75, 3.05) is 0 Å². The molecule has 0 aliphatic carbocycles. The Labute approximate surface area is 127 Å². The minimum absolute atomic E-state index is 0.00407. The molecule has 0 unspecified atom stereocenters. The second-order valence-electron chi connectivity index (χ2n) is 4.25. The van der Waals surface area contributed by atoms with E-state index in [0.717, 1.165) is 10.6 Å². The highest BCUT2D eigenvalue weighted by molar-refractivity contribution is 8.00. The van der Waals surface area contributed by atoms with Crippen LogP contribution in [-0.2, 0) is 11.3 Å². The van der Waals surface area contributed by atoms with E-state index in [9.17, 15) is 4.79 Å². The zero-order valence-electron chi connectivity index (χ0n) is 11.0. The van der Waals surface area contributed by atoms with Crippen molar-refractivity contribution in [3.8, 4) is 0 Å². The Bertz CT molecular complexity index is 560. The van der Waals surface area contributed by atoms with Gasteiger partial charge >= 0.3 is 0 Å². The molecule has 1 heterocycles. The molecule has 2 aromatic rings. The van der Waals surface area contributed by atoms with Gasteiger partial charge in [-0.25, -0.2) is 0 Å². The van der Waals surface area contributed by atoms with Gasteiger partial charge in [0.2, 0.25) is 5.91 Å². The van der Waals surface area contributed by atoms with Crippen LogP contribution in [0.25, 0.3) is 0 Å². The lowest BCUT2D eigenvalue weighted by Crippen LogP contribution is -2.30. The van der Waals surface area contributed by atoms with Gasteiger partial charge in [0, 0.05) is 16.1 Å². The molecule has 2 rings (SSSR count). The normalized spacial score (nSPS) is 11.9. The van der Waals surface area contributed by atoms with E-state index in [1.165, 1.54) is 11.8 Å². The third kappa shape index (κ3) is 4.54. The van der Waals surface area contributed by atoms with Crippen molar-refractivity contribution in [2.45, 2.75) is 23.6 Å². The van der Waals surface area contributed by atoms with Crippen LogP contribution >= 0.6 is 23.4 Å². The van der Waals surface area contributed by atoms with Crippen molar-refractivity contribution in [2.24, 2.45) is 0 Å². The highest BCUT2D eigenvalue weighted by Crippen LogP contribution is 2.24. The van der Waals surface area contributed by atoms with Crippen molar-refractivity contribution in [1.82, 2.24) is 10.3 Å². The molecule has 1 atom stereocenters. The molecular weight excluding hydrogens is 292 g/mol. The van der Waals surface area contributed by atoms with E-state index in [1.807, 2.05) is 49.4 Å². The fourth-order valence-electron chi connectivity index (χ4n) is 1.59. The van der Waals surface area contributed by atoms with Gasteiger partial charge in [0.1, 0.15) is 0 Å². The Morgan fingerprint density at radius 2 is 2.05 bits per heavy atom. The van der Waals surface area contributed by atoms with Crippen LogP contribution in [0.15, 0.2) is 53.6 Å². The largest absolute Gasteiger partial charge is 0.349 e. The first-order chi connectivity index (χ1) is 9.65. The zero-order chi connectivity index (χ0) is 14.4. The first-order valence-electron chi connectivity index (χ1n) is 6.25. The summed E-state index contributed by atoms with van der Waals surface area (Å²) in [6, 6.07) is 13.1. The van der Waals surface area contributed by atoms with Gasteiger partial charge in [0.25, 0.3) is 0 Å². The van der Waals surface area contributed by atoms with Gasteiger partial charge in [0.15, 0.2) is 0 Å². The van der Waals surface area contributed by atoms with Crippen LogP contribution in [-0.4, -0.2) is 16.1 Å². The summed E-state index contributed by atoms with van der Waals surface area (Å²) in [5, 5.41) is 3.41. The van der Waals surface area contributed by atoms with Gasteiger partial charge in [-0.3, -0.25) is 9.78 Å². The van der Waals surface area contributed by atoms with Crippen LogP contribution in [0.3, 0.4) is 0 Å². The molecule has 104 valence electrons. The Morgan fingerprint density at radius 3 is 2.70 bits per heavy atom. The number of pyridine rings is 1. The lowest BCUT2D eigenvalue weighted by Gasteiger charge is -2.11. The Morgan fingerprint density at radius 1 is 1.30 bits per heavy atom. The fourth-order valence-corrected chi connectivity index (χ4v) is 2.61. The van der Waals surface area contributed by atoms with Crippen LogP contribution in [0.1, 0.15) is 12.6 Å².